The Hall–Kier alpha value is -3.08. The predicted molar refractivity (Wildman–Crippen MR) is 110 cm³/mol. The second-order valence-electron chi connectivity index (χ2n) is 6.19. The molecule has 3 rings (SSSR count). The van der Waals surface area contributed by atoms with Gasteiger partial charge in [-0.3, -0.25) is 4.79 Å². The van der Waals surface area contributed by atoms with Gasteiger partial charge in [0, 0.05) is 11.6 Å². The number of aromatic nitrogens is 2. The number of nitrogens with two attached hydrogens (primary N) is 1. The Labute approximate surface area is 176 Å². The zero-order chi connectivity index (χ0) is 21.0. The van der Waals surface area contributed by atoms with Crippen molar-refractivity contribution < 1.29 is 9.18 Å². The minimum Gasteiger partial charge on any atom is -0.382 e. The van der Waals surface area contributed by atoms with Crippen LogP contribution in [0, 0.1) is 17.1 Å². The Morgan fingerprint density at radius 1 is 1.24 bits per heavy atom. The Morgan fingerprint density at radius 3 is 2.62 bits per heavy atom. The smallest absolute Gasteiger partial charge is 0.252 e. The largest absolute Gasteiger partial charge is 0.382 e. The first kappa shape index (κ1) is 20.6. The highest BCUT2D eigenvalue weighted by Gasteiger charge is 2.17. The van der Waals surface area contributed by atoms with Crippen molar-refractivity contribution in [3.63, 3.8) is 0 Å². The maximum absolute atomic E-state index is 13.1. The number of anilines is 1. The van der Waals surface area contributed by atoms with Crippen LogP contribution in [-0.2, 0) is 6.42 Å². The molecule has 0 aliphatic carbocycles. The van der Waals surface area contributed by atoms with E-state index in [0.717, 1.165) is 0 Å². The lowest BCUT2D eigenvalue weighted by Gasteiger charge is -2.06. The number of carbonyl (C=O) groups excluding carboxylic acids is 1. The number of carbonyl (C=O) groups is 1. The highest BCUT2D eigenvalue weighted by atomic mass is 35.5. The van der Waals surface area contributed by atoms with Gasteiger partial charge in [-0.15, -0.1) is 0 Å². The van der Waals surface area contributed by atoms with E-state index in [0.29, 0.717) is 41.4 Å². The summed E-state index contributed by atoms with van der Waals surface area (Å²) >= 11 is 11.9. The number of nitrogen functional groups attached to an aromatic ring is 1. The van der Waals surface area contributed by atoms with Crippen molar-refractivity contribution >= 4 is 34.9 Å². The van der Waals surface area contributed by atoms with E-state index in [1.807, 2.05) is 0 Å². The van der Waals surface area contributed by atoms with E-state index in [1.165, 1.54) is 35.0 Å². The zero-order valence-corrected chi connectivity index (χ0v) is 16.6. The standard InChI is InChI=1S/C20H16Cl2FN5O/c21-12-3-8-15(17(22)10-12)20(29)26-9-1-2-18-16(11-24)19(25)28(27-18)14-6-4-13(23)5-7-14/h3-8,10H,1-2,9,25H2,(H,26,29). The first-order valence-electron chi connectivity index (χ1n) is 8.67. The van der Waals surface area contributed by atoms with Crippen LogP contribution in [-0.4, -0.2) is 22.2 Å². The van der Waals surface area contributed by atoms with E-state index in [4.69, 9.17) is 28.9 Å². The van der Waals surface area contributed by atoms with Gasteiger partial charge in [0.1, 0.15) is 23.3 Å². The number of hydrogen-bond donors (Lipinski definition) is 2. The molecule has 1 amide bonds. The number of amides is 1. The fourth-order valence-corrected chi connectivity index (χ4v) is 3.28. The van der Waals surface area contributed by atoms with Crippen molar-refractivity contribution in [3.8, 4) is 11.8 Å². The van der Waals surface area contributed by atoms with Gasteiger partial charge in [0.2, 0.25) is 0 Å². The lowest BCUT2D eigenvalue weighted by atomic mass is 10.1. The molecule has 1 aromatic heterocycles. The topological polar surface area (TPSA) is 96.7 Å². The second kappa shape index (κ2) is 8.95. The van der Waals surface area contributed by atoms with Gasteiger partial charge in [-0.2, -0.15) is 10.4 Å². The Morgan fingerprint density at radius 2 is 1.97 bits per heavy atom. The molecule has 6 nitrogen and oxygen atoms in total. The predicted octanol–water partition coefficient (Wildman–Crippen LogP) is 4.13. The molecule has 0 saturated carbocycles. The highest BCUT2D eigenvalue weighted by molar-refractivity contribution is 6.36. The number of nitriles is 1. The Kier molecular flexibility index (Phi) is 6.37. The molecule has 148 valence electrons. The maximum Gasteiger partial charge on any atom is 0.252 e. The number of rotatable bonds is 6. The summed E-state index contributed by atoms with van der Waals surface area (Å²) in [6.07, 6.45) is 0.960. The fourth-order valence-electron chi connectivity index (χ4n) is 2.78. The summed E-state index contributed by atoms with van der Waals surface area (Å²) in [5.74, 6) is -0.508. The summed E-state index contributed by atoms with van der Waals surface area (Å²) in [6.45, 7) is 0.353. The summed E-state index contributed by atoms with van der Waals surface area (Å²) in [5.41, 5.74) is 7.69. The minimum atomic E-state index is -0.378. The number of halogens is 3. The molecule has 0 saturated heterocycles. The van der Waals surface area contributed by atoms with Crippen LogP contribution in [0.3, 0.4) is 0 Å². The molecule has 29 heavy (non-hydrogen) atoms. The molecular weight excluding hydrogens is 416 g/mol. The monoisotopic (exact) mass is 431 g/mol. The van der Waals surface area contributed by atoms with Crippen molar-refractivity contribution in [2.24, 2.45) is 0 Å². The van der Waals surface area contributed by atoms with Gasteiger partial charge in [-0.25, -0.2) is 9.07 Å². The molecule has 3 aromatic rings. The highest BCUT2D eigenvalue weighted by Crippen LogP contribution is 2.22. The van der Waals surface area contributed by atoms with Crippen molar-refractivity contribution in [2.75, 3.05) is 12.3 Å². The van der Waals surface area contributed by atoms with Crippen LogP contribution in [0.15, 0.2) is 42.5 Å². The lowest BCUT2D eigenvalue weighted by molar-refractivity contribution is 0.0953. The van der Waals surface area contributed by atoms with E-state index < -0.39 is 0 Å². The molecule has 0 radical (unpaired) electrons. The van der Waals surface area contributed by atoms with Crippen LogP contribution in [0.2, 0.25) is 10.0 Å². The van der Waals surface area contributed by atoms with Gasteiger partial charge in [-0.1, -0.05) is 23.2 Å². The Bertz CT molecular complexity index is 1090. The first-order valence-corrected chi connectivity index (χ1v) is 9.43. The summed E-state index contributed by atoms with van der Waals surface area (Å²) < 4.78 is 14.5. The van der Waals surface area contributed by atoms with Gasteiger partial charge >= 0.3 is 0 Å². The first-order chi connectivity index (χ1) is 13.9. The third-order valence-corrected chi connectivity index (χ3v) is 4.78. The van der Waals surface area contributed by atoms with Gasteiger partial charge < -0.3 is 11.1 Å². The third kappa shape index (κ3) is 4.67. The van der Waals surface area contributed by atoms with Crippen molar-refractivity contribution in [1.29, 1.82) is 5.26 Å². The van der Waals surface area contributed by atoms with Gasteiger partial charge in [0.05, 0.1) is 22.0 Å². The van der Waals surface area contributed by atoms with Crippen molar-refractivity contribution in [1.82, 2.24) is 15.1 Å². The van der Waals surface area contributed by atoms with Crippen LogP contribution >= 0.6 is 23.2 Å². The normalized spacial score (nSPS) is 10.6. The molecule has 0 bridgehead atoms. The molecule has 0 aliphatic rings. The SMILES string of the molecule is N#Cc1c(CCCNC(=O)c2ccc(Cl)cc2Cl)nn(-c2ccc(F)cc2)c1N. The lowest BCUT2D eigenvalue weighted by Crippen LogP contribution is -2.25. The van der Waals surface area contributed by atoms with Crippen LogP contribution in [0.25, 0.3) is 5.69 Å². The van der Waals surface area contributed by atoms with E-state index in [2.05, 4.69) is 16.5 Å². The van der Waals surface area contributed by atoms with Crippen molar-refractivity contribution in [2.45, 2.75) is 12.8 Å². The van der Waals surface area contributed by atoms with Crippen molar-refractivity contribution in [3.05, 3.63) is 75.1 Å². The number of nitrogens with one attached hydrogen (secondary N) is 1. The minimum absolute atomic E-state index is 0.186. The molecule has 0 aliphatic heterocycles. The average molecular weight is 432 g/mol. The summed E-state index contributed by atoms with van der Waals surface area (Å²) in [6, 6.07) is 12.3. The molecule has 1 heterocycles. The number of hydrogen-bond acceptors (Lipinski definition) is 4. The number of nitrogens with zero attached hydrogens (tertiary/aromatic N) is 3. The summed E-state index contributed by atoms with van der Waals surface area (Å²) in [4.78, 5) is 12.2. The van der Waals surface area contributed by atoms with Gasteiger partial charge in [0.15, 0.2) is 0 Å². The number of aryl methyl sites for hydroxylation is 1. The second-order valence-corrected chi connectivity index (χ2v) is 7.03. The molecule has 9 heteroatoms. The zero-order valence-electron chi connectivity index (χ0n) is 15.1. The average Bonchev–Trinajstić information content (AvgIpc) is 3.01. The van der Waals surface area contributed by atoms with Crippen LogP contribution in [0.5, 0.6) is 0 Å². The molecule has 0 unspecified atom stereocenters. The number of benzene rings is 2. The van der Waals surface area contributed by atoms with E-state index in [9.17, 15) is 14.4 Å². The van der Waals surface area contributed by atoms with Gasteiger partial charge in [0.25, 0.3) is 5.91 Å². The summed E-state index contributed by atoms with van der Waals surface area (Å²) in [5, 5.41) is 17.3. The van der Waals surface area contributed by atoms with Crippen LogP contribution in [0.1, 0.15) is 28.0 Å². The molecule has 2 aromatic carbocycles. The molecule has 0 atom stereocenters. The van der Waals surface area contributed by atoms with Crippen LogP contribution in [0.4, 0.5) is 10.2 Å². The third-order valence-electron chi connectivity index (χ3n) is 4.23. The fraction of sp³-hybridized carbons (Fsp3) is 0.150. The molecule has 0 fully saturated rings. The summed E-state index contributed by atoms with van der Waals surface area (Å²) in [7, 11) is 0. The van der Waals surface area contributed by atoms with E-state index in [-0.39, 0.29) is 28.1 Å². The van der Waals surface area contributed by atoms with Crippen LogP contribution < -0.4 is 11.1 Å². The van der Waals surface area contributed by atoms with Gasteiger partial charge in [-0.05, 0) is 55.3 Å². The quantitative estimate of drug-likeness (QED) is 0.573. The molecule has 3 N–H and O–H groups in total. The molecule has 0 spiro atoms. The Balaban J connectivity index is 1.65. The van der Waals surface area contributed by atoms with E-state index in [1.54, 1.807) is 12.1 Å². The van der Waals surface area contributed by atoms with E-state index >= 15 is 0 Å². The maximum atomic E-state index is 13.1. The molecular formula is C20H16Cl2FN5O.